The molecule has 0 saturated carbocycles. The summed E-state index contributed by atoms with van der Waals surface area (Å²) in [5.41, 5.74) is 4.04. The third-order valence-electron chi connectivity index (χ3n) is 6.20. The molecule has 2 aliphatic rings. The van der Waals surface area contributed by atoms with Gasteiger partial charge in [-0.25, -0.2) is 0 Å². The molecule has 28 heavy (non-hydrogen) atoms. The zero-order valence-corrected chi connectivity index (χ0v) is 16.3. The molecule has 5 nitrogen and oxygen atoms in total. The Labute approximate surface area is 165 Å². The summed E-state index contributed by atoms with van der Waals surface area (Å²) in [5.74, 6) is 1.85. The molecule has 2 aliphatic heterocycles. The molecule has 1 unspecified atom stereocenters. The first-order chi connectivity index (χ1) is 13.8. The number of ether oxygens (including phenoxy) is 2. The van der Waals surface area contributed by atoms with Crippen molar-refractivity contribution < 1.29 is 9.47 Å². The maximum Gasteiger partial charge on any atom is 0.120 e. The van der Waals surface area contributed by atoms with Crippen molar-refractivity contribution in [3.8, 4) is 11.5 Å². The number of nitrogens with zero attached hydrogens (tertiary/aromatic N) is 1. The van der Waals surface area contributed by atoms with E-state index in [9.17, 15) is 0 Å². The molecule has 2 aromatic carbocycles. The largest absolute Gasteiger partial charge is 0.497 e. The SMILES string of the molecule is COc1ccc2c3c([nH]c2c1)C1(CCN(CCOc2ccccc2)C1)NCC3. The van der Waals surface area contributed by atoms with E-state index in [1.807, 2.05) is 30.3 Å². The highest BCUT2D eigenvalue weighted by molar-refractivity contribution is 5.86. The van der Waals surface area contributed by atoms with Crippen molar-refractivity contribution in [1.82, 2.24) is 15.2 Å². The van der Waals surface area contributed by atoms with Crippen LogP contribution in [0.25, 0.3) is 10.9 Å². The van der Waals surface area contributed by atoms with E-state index in [1.165, 1.54) is 22.2 Å². The first-order valence-electron chi connectivity index (χ1n) is 10.1. The van der Waals surface area contributed by atoms with Gasteiger partial charge >= 0.3 is 0 Å². The van der Waals surface area contributed by atoms with E-state index in [2.05, 4.69) is 33.4 Å². The van der Waals surface area contributed by atoms with E-state index in [0.717, 1.165) is 57.1 Å². The second-order valence-corrected chi connectivity index (χ2v) is 7.84. The zero-order chi connectivity index (χ0) is 19.0. The van der Waals surface area contributed by atoms with E-state index in [0.29, 0.717) is 0 Å². The number of H-pyrrole nitrogens is 1. The molecule has 1 fully saturated rings. The lowest BCUT2D eigenvalue weighted by Crippen LogP contribution is -2.49. The van der Waals surface area contributed by atoms with E-state index < -0.39 is 0 Å². The molecular formula is C23H27N3O2. The maximum absolute atomic E-state index is 5.90. The summed E-state index contributed by atoms with van der Waals surface area (Å²) in [6.45, 7) is 4.80. The Morgan fingerprint density at radius 2 is 2.00 bits per heavy atom. The fourth-order valence-electron chi connectivity index (χ4n) is 4.78. The molecule has 146 valence electrons. The smallest absolute Gasteiger partial charge is 0.120 e. The van der Waals surface area contributed by atoms with Crippen molar-refractivity contribution in [3.63, 3.8) is 0 Å². The molecule has 3 heterocycles. The summed E-state index contributed by atoms with van der Waals surface area (Å²) in [4.78, 5) is 6.24. The minimum atomic E-state index is 0.0204. The van der Waals surface area contributed by atoms with Crippen LogP contribution in [0.2, 0.25) is 0 Å². The number of hydrogen-bond donors (Lipinski definition) is 2. The van der Waals surface area contributed by atoms with Crippen LogP contribution >= 0.6 is 0 Å². The van der Waals surface area contributed by atoms with Gasteiger partial charge in [-0.05, 0) is 42.7 Å². The third kappa shape index (κ3) is 3.05. The van der Waals surface area contributed by atoms with Crippen LogP contribution in [-0.2, 0) is 12.0 Å². The Morgan fingerprint density at radius 3 is 2.86 bits per heavy atom. The molecule has 2 N–H and O–H groups in total. The lowest BCUT2D eigenvalue weighted by Gasteiger charge is -2.35. The van der Waals surface area contributed by atoms with Crippen LogP contribution < -0.4 is 14.8 Å². The Bertz CT molecular complexity index is 969. The van der Waals surface area contributed by atoms with Crippen molar-refractivity contribution in [1.29, 1.82) is 0 Å². The second kappa shape index (κ2) is 7.15. The monoisotopic (exact) mass is 377 g/mol. The van der Waals surface area contributed by atoms with Gasteiger partial charge in [0, 0.05) is 48.8 Å². The molecule has 0 aliphatic carbocycles. The van der Waals surface area contributed by atoms with Crippen LogP contribution in [-0.4, -0.2) is 49.8 Å². The normalized spacial score (nSPS) is 21.9. The molecule has 1 atom stereocenters. The van der Waals surface area contributed by atoms with Gasteiger partial charge in [0.05, 0.1) is 12.6 Å². The number of aromatic nitrogens is 1. The van der Waals surface area contributed by atoms with Gasteiger partial charge in [-0.3, -0.25) is 4.90 Å². The van der Waals surface area contributed by atoms with Crippen molar-refractivity contribution in [2.75, 3.05) is 39.9 Å². The lowest BCUT2D eigenvalue weighted by molar-refractivity contribution is 0.218. The Balaban J connectivity index is 1.33. The Hall–Kier alpha value is -2.50. The number of hydrogen-bond acceptors (Lipinski definition) is 4. The van der Waals surface area contributed by atoms with Crippen molar-refractivity contribution in [3.05, 3.63) is 59.8 Å². The first kappa shape index (κ1) is 17.6. The average Bonchev–Trinajstić information content (AvgIpc) is 3.31. The van der Waals surface area contributed by atoms with Crippen molar-refractivity contribution >= 4 is 10.9 Å². The highest BCUT2D eigenvalue weighted by Crippen LogP contribution is 2.40. The van der Waals surface area contributed by atoms with E-state index >= 15 is 0 Å². The fourth-order valence-corrected chi connectivity index (χ4v) is 4.78. The highest BCUT2D eigenvalue weighted by atomic mass is 16.5. The van der Waals surface area contributed by atoms with Gasteiger partial charge in [-0.1, -0.05) is 18.2 Å². The number of benzene rings is 2. The molecule has 1 saturated heterocycles. The third-order valence-corrected chi connectivity index (χ3v) is 6.20. The van der Waals surface area contributed by atoms with Gasteiger partial charge in [0.1, 0.15) is 18.1 Å². The van der Waals surface area contributed by atoms with Crippen LogP contribution in [0.5, 0.6) is 11.5 Å². The molecule has 0 radical (unpaired) electrons. The molecule has 1 spiro atoms. The first-order valence-corrected chi connectivity index (χ1v) is 10.1. The predicted octanol–water partition coefficient (Wildman–Crippen LogP) is 3.30. The number of likely N-dealkylation sites (tertiary alicyclic amines) is 1. The summed E-state index contributed by atoms with van der Waals surface area (Å²) in [6.07, 6.45) is 2.19. The average molecular weight is 377 g/mol. The topological polar surface area (TPSA) is 49.5 Å². The number of rotatable bonds is 5. The van der Waals surface area contributed by atoms with Gasteiger partial charge in [0.2, 0.25) is 0 Å². The summed E-state index contributed by atoms with van der Waals surface area (Å²) < 4.78 is 11.3. The van der Waals surface area contributed by atoms with Crippen LogP contribution in [0.15, 0.2) is 48.5 Å². The van der Waals surface area contributed by atoms with Gasteiger partial charge < -0.3 is 19.8 Å². The molecule has 0 amide bonds. The molecule has 1 aromatic heterocycles. The second-order valence-electron chi connectivity index (χ2n) is 7.84. The number of fused-ring (bicyclic) bond motifs is 4. The lowest BCUT2D eigenvalue weighted by atomic mass is 9.86. The standard InChI is InChI=1S/C23H27N3O2/c1-27-18-7-8-19-20-9-11-24-23(22(20)25-21(19)15-18)10-12-26(16-23)13-14-28-17-5-3-2-4-6-17/h2-8,15,24-25H,9-14,16H2,1H3. The van der Waals surface area contributed by atoms with E-state index in [-0.39, 0.29) is 5.54 Å². The van der Waals surface area contributed by atoms with Gasteiger partial charge in [0.15, 0.2) is 0 Å². The fraction of sp³-hybridized carbons (Fsp3) is 0.391. The van der Waals surface area contributed by atoms with Crippen LogP contribution in [0, 0.1) is 0 Å². The van der Waals surface area contributed by atoms with Crippen LogP contribution in [0.4, 0.5) is 0 Å². The predicted molar refractivity (Wildman–Crippen MR) is 111 cm³/mol. The van der Waals surface area contributed by atoms with Gasteiger partial charge in [0.25, 0.3) is 0 Å². The van der Waals surface area contributed by atoms with Gasteiger partial charge in [-0.15, -0.1) is 0 Å². The number of methoxy groups -OCH3 is 1. The van der Waals surface area contributed by atoms with Gasteiger partial charge in [-0.2, -0.15) is 0 Å². The molecular weight excluding hydrogens is 350 g/mol. The number of aromatic amines is 1. The molecule has 5 rings (SSSR count). The molecule has 3 aromatic rings. The Morgan fingerprint density at radius 1 is 1.11 bits per heavy atom. The summed E-state index contributed by atoms with van der Waals surface area (Å²) in [6, 6.07) is 16.4. The quantitative estimate of drug-likeness (QED) is 0.716. The zero-order valence-electron chi connectivity index (χ0n) is 16.3. The summed E-state index contributed by atoms with van der Waals surface area (Å²) in [7, 11) is 1.72. The van der Waals surface area contributed by atoms with Crippen LogP contribution in [0.1, 0.15) is 17.7 Å². The number of nitrogens with one attached hydrogen (secondary N) is 2. The van der Waals surface area contributed by atoms with Crippen molar-refractivity contribution in [2.45, 2.75) is 18.4 Å². The summed E-state index contributed by atoms with van der Waals surface area (Å²) in [5, 5.41) is 5.17. The molecule has 5 heteroatoms. The van der Waals surface area contributed by atoms with Crippen LogP contribution in [0.3, 0.4) is 0 Å². The Kier molecular flexibility index (Phi) is 4.49. The van der Waals surface area contributed by atoms with E-state index in [1.54, 1.807) is 7.11 Å². The molecule has 0 bridgehead atoms. The van der Waals surface area contributed by atoms with Crippen molar-refractivity contribution in [2.24, 2.45) is 0 Å². The van der Waals surface area contributed by atoms with E-state index in [4.69, 9.17) is 9.47 Å². The maximum atomic E-state index is 5.90. The summed E-state index contributed by atoms with van der Waals surface area (Å²) >= 11 is 0. The minimum Gasteiger partial charge on any atom is -0.497 e. The highest BCUT2D eigenvalue weighted by Gasteiger charge is 2.43. The number of para-hydroxylation sites is 1. The minimum absolute atomic E-state index is 0.0204.